The molecule has 0 unspecified atom stereocenters. The second-order valence-electron chi connectivity index (χ2n) is 6.87. The van der Waals surface area contributed by atoms with E-state index in [9.17, 15) is 4.79 Å². The summed E-state index contributed by atoms with van der Waals surface area (Å²) in [5.74, 6) is 0.227. The summed E-state index contributed by atoms with van der Waals surface area (Å²) < 4.78 is 0. The van der Waals surface area contributed by atoms with E-state index in [0.717, 1.165) is 12.0 Å². The minimum Gasteiger partial charge on any atom is -0.294 e. The number of benzene rings is 1. The molecule has 106 valence electrons. The lowest BCUT2D eigenvalue weighted by Crippen LogP contribution is -2.12. The van der Waals surface area contributed by atoms with Crippen LogP contribution in [0.2, 0.25) is 0 Å². The molecule has 1 heteroatoms. The zero-order chi connectivity index (χ0) is 14.9. The molecule has 1 aliphatic carbocycles. The SMILES string of the molecule is CC1=C(C)CC(CC(=O)c2cccc(C(C)(C)C)c2)=C1. The van der Waals surface area contributed by atoms with Crippen LogP contribution in [0.5, 0.6) is 0 Å². The minimum absolute atomic E-state index is 0.0810. The lowest BCUT2D eigenvalue weighted by molar-refractivity contribution is 0.0992. The molecule has 0 N–H and O–H groups in total. The van der Waals surface area contributed by atoms with Crippen LogP contribution in [0.4, 0.5) is 0 Å². The summed E-state index contributed by atoms with van der Waals surface area (Å²) in [6.45, 7) is 10.8. The first-order chi connectivity index (χ1) is 9.27. The largest absolute Gasteiger partial charge is 0.294 e. The van der Waals surface area contributed by atoms with Gasteiger partial charge < -0.3 is 0 Å². The van der Waals surface area contributed by atoms with Gasteiger partial charge in [-0.05, 0) is 37.3 Å². The molecule has 0 heterocycles. The van der Waals surface area contributed by atoms with Crippen molar-refractivity contribution in [3.63, 3.8) is 0 Å². The van der Waals surface area contributed by atoms with Crippen LogP contribution in [-0.2, 0) is 5.41 Å². The molecule has 1 aromatic carbocycles. The van der Waals surface area contributed by atoms with E-state index in [1.807, 2.05) is 18.2 Å². The Morgan fingerprint density at radius 2 is 1.90 bits per heavy atom. The summed E-state index contributed by atoms with van der Waals surface area (Å²) in [5, 5.41) is 0. The van der Waals surface area contributed by atoms with Gasteiger partial charge in [0.1, 0.15) is 0 Å². The Bertz CT molecular complexity index is 594. The molecule has 0 radical (unpaired) electrons. The summed E-state index contributed by atoms with van der Waals surface area (Å²) in [7, 11) is 0. The van der Waals surface area contributed by atoms with Crippen molar-refractivity contribution in [2.75, 3.05) is 0 Å². The van der Waals surface area contributed by atoms with Crippen LogP contribution in [0.15, 0.2) is 47.1 Å². The molecule has 0 saturated heterocycles. The summed E-state index contributed by atoms with van der Waals surface area (Å²) in [6, 6.07) is 8.07. The van der Waals surface area contributed by atoms with Crippen molar-refractivity contribution < 1.29 is 4.79 Å². The highest BCUT2D eigenvalue weighted by Crippen LogP contribution is 2.28. The van der Waals surface area contributed by atoms with Gasteiger partial charge in [0.05, 0.1) is 0 Å². The first kappa shape index (κ1) is 14.8. The molecule has 0 saturated carbocycles. The molecule has 1 aromatic rings. The molecule has 0 fully saturated rings. The molecular formula is C19H24O. The highest BCUT2D eigenvalue weighted by Gasteiger charge is 2.17. The molecule has 0 aliphatic heterocycles. The number of rotatable bonds is 3. The Balaban J connectivity index is 2.13. The smallest absolute Gasteiger partial charge is 0.166 e. The van der Waals surface area contributed by atoms with Gasteiger partial charge in [-0.2, -0.15) is 0 Å². The van der Waals surface area contributed by atoms with E-state index in [4.69, 9.17) is 0 Å². The van der Waals surface area contributed by atoms with Crippen LogP contribution >= 0.6 is 0 Å². The Hall–Kier alpha value is -1.63. The first-order valence-electron chi connectivity index (χ1n) is 7.27. The van der Waals surface area contributed by atoms with Crippen molar-refractivity contribution in [3.05, 3.63) is 58.2 Å². The van der Waals surface area contributed by atoms with Crippen molar-refractivity contribution in [2.45, 2.75) is 52.9 Å². The van der Waals surface area contributed by atoms with Crippen LogP contribution in [0.3, 0.4) is 0 Å². The van der Waals surface area contributed by atoms with Gasteiger partial charge in [0, 0.05) is 12.0 Å². The molecule has 1 nitrogen and oxygen atoms in total. The fourth-order valence-electron chi connectivity index (χ4n) is 2.54. The van der Waals surface area contributed by atoms with Crippen LogP contribution in [0.25, 0.3) is 0 Å². The van der Waals surface area contributed by atoms with E-state index >= 15 is 0 Å². The number of carbonyl (C=O) groups is 1. The number of hydrogen-bond acceptors (Lipinski definition) is 1. The zero-order valence-electron chi connectivity index (χ0n) is 13.2. The number of allylic oxidation sites excluding steroid dienone is 4. The van der Waals surface area contributed by atoms with E-state index in [-0.39, 0.29) is 11.2 Å². The van der Waals surface area contributed by atoms with Gasteiger partial charge in [0.25, 0.3) is 0 Å². The normalized spacial score (nSPS) is 15.6. The molecule has 0 atom stereocenters. The first-order valence-corrected chi connectivity index (χ1v) is 7.27. The van der Waals surface area contributed by atoms with Crippen LogP contribution in [0.1, 0.15) is 63.4 Å². The molecule has 20 heavy (non-hydrogen) atoms. The molecular weight excluding hydrogens is 244 g/mol. The zero-order valence-corrected chi connectivity index (χ0v) is 13.2. The molecule has 0 aromatic heterocycles. The van der Waals surface area contributed by atoms with Crippen LogP contribution in [0, 0.1) is 0 Å². The Labute approximate surface area is 122 Å². The second-order valence-corrected chi connectivity index (χ2v) is 6.87. The third-order valence-corrected chi connectivity index (χ3v) is 4.02. The highest BCUT2D eigenvalue weighted by molar-refractivity contribution is 5.98. The Morgan fingerprint density at radius 1 is 1.20 bits per heavy atom. The van der Waals surface area contributed by atoms with E-state index in [0.29, 0.717) is 6.42 Å². The van der Waals surface area contributed by atoms with Crippen molar-refractivity contribution in [2.24, 2.45) is 0 Å². The van der Waals surface area contributed by atoms with Gasteiger partial charge in [-0.15, -0.1) is 0 Å². The van der Waals surface area contributed by atoms with Crippen LogP contribution in [-0.4, -0.2) is 5.78 Å². The van der Waals surface area contributed by atoms with Crippen molar-refractivity contribution in [3.8, 4) is 0 Å². The van der Waals surface area contributed by atoms with Crippen molar-refractivity contribution >= 4 is 5.78 Å². The van der Waals surface area contributed by atoms with Gasteiger partial charge in [0.15, 0.2) is 5.78 Å². The molecule has 0 spiro atoms. The van der Waals surface area contributed by atoms with E-state index in [1.54, 1.807) is 0 Å². The fourth-order valence-corrected chi connectivity index (χ4v) is 2.54. The van der Waals surface area contributed by atoms with Gasteiger partial charge in [-0.1, -0.05) is 61.8 Å². The fraction of sp³-hybridized carbons (Fsp3) is 0.421. The molecule has 0 bridgehead atoms. The van der Waals surface area contributed by atoms with E-state index < -0.39 is 0 Å². The second kappa shape index (κ2) is 5.40. The monoisotopic (exact) mass is 268 g/mol. The number of Topliss-reactive ketones (excluding diaryl/α,β-unsaturated/α-hetero) is 1. The maximum Gasteiger partial charge on any atom is 0.166 e. The molecule has 2 rings (SSSR count). The summed E-state index contributed by atoms with van der Waals surface area (Å²) in [5.41, 5.74) is 6.07. The van der Waals surface area contributed by atoms with Gasteiger partial charge in [-0.25, -0.2) is 0 Å². The van der Waals surface area contributed by atoms with Crippen molar-refractivity contribution in [1.29, 1.82) is 0 Å². The summed E-state index contributed by atoms with van der Waals surface area (Å²) >= 11 is 0. The van der Waals surface area contributed by atoms with Gasteiger partial charge in [0.2, 0.25) is 0 Å². The van der Waals surface area contributed by atoms with Gasteiger partial charge >= 0.3 is 0 Å². The number of ketones is 1. The minimum atomic E-state index is 0.0810. The standard InChI is InChI=1S/C19H24O/c1-13-9-15(10-14(13)2)11-18(20)16-7-6-8-17(12-16)19(3,4)5/h6-9,12H,10-11H2,1-5H3. The number of carbonyl (C=O) groups excluding carboxylic acids is 1. The predicted molar refractivity (Wildman–Crippen MR) is 85.2 cm³/mol. The van der Waals surface area contributed by atoms with Gasteiger partial charge in [-0.3, -0.25) is 4.79 Å². The average molecular weight is 268 g/mol. The molecule has 1 aliphatic rings. The number of hydrogen-bond donors (Lipinski definition) is 0. The van der Waals surface area contributed by atoms with E-state index in [1.165, 1.54) is 22.3 Å². The topological polar surface area (TPSA) is 17.1 Å². The predicted octanol–water partition coefficient (Wildman–Crippen LogP) is 5.22. The lowest BCUT2D eigenvalue weighted by atomic mass is 9.85. The molecule has 0 amide bonds. The Morgan fingerprint density at radius 3 is 2.45 bits per heavy atom. The Kier molecular flexibility index (Phi) is 3.99. The summed E-state index contributed by atoms with van der Waals surface area (Å²) in [6.07, 6.45) is 3.67. The van der Waals surface area contributed by atoms with E-state index in [2.05, 4.69) is 46.8 Å². The van der Waals surface area contributed by atoms with Crippen LogP contribution < -0.4 is 0 Å². The highest BCUT2D eigenvalue weighted by atomic mass is 16.1. The summed E-state index contributed by atoms with van der Waals surface area (Å²) in [4.78, 5) is 12.4. The maximum atomic E-state index is 12.4. The maximum absolute atomic E-state index is 12.4. The quantitative estimate of drug-likeness (QED) is 0.686. The average Bonchev–Trinajstić information content (AvgIpc) is 2.67. The lowest BCUT2D eigenvalue weighted by Gasteiger charge is -2.19. The third kappa shape index (κ3) is 3.27. The third-order valence-electron chi connectivity index (χ3n) is 4.02. The van der Waals surface area contributed by atoms with Crippen molar-refractivity contribution in [1.82, 2.24) is 0 Å².